The molecule has 2 rings (SSSR count). The first kappa shape index (κ1) is 13.6. The summed E-state index contributed by atoms with van der Waals surface area (Å²) in [4.78, 5) is 24.3. The summed E-state index contributed by atoms with van der Waals surface area (Å²) < 4.78 is 9.92. The van der Waals surface area contributed by atoms with Crippen LogP contribution in [-0.4, -0.2) is 41.6 Å². The maximum atomic E-state index is 11.3. The summed E-state index contributed by atoms with van der Waals surface area (Å²) in [5.41, 5.74) is 0. The Morgan fingerprint density at radius 1 is 1.47 bits per heavy atom. The van der Waals surface area contributed by atoms with Gasteiger partial charge in [0.2, 0.25) is 5.76 Å². The fourth-order valence-corrected chi connectivity index (χ4v) is 2.33. The van der Waals surface area contributed by atoms with Crippen LogP contribution >= 0.6 is 0 Å². The van der Waals surface area contributed by atoms with Crippen molar-refractivity contribution in [2.45, 2.75) is 31.8 Å². The summed E-state index contributed by atoms with van der Waals surface area (Å²) in [5.74, 6) is -0.617. The highest BCUT2D eigenvalue weighted by atomic mass is 16.5. The van der Waals surface area contributed by atoms with Gasteiger partial charge in [-0.25, -0.2) is 4.79 Å². The van der Waals surface area contributed by atoms with E-state index in [1.54, 1.807) is 12.1 Å². The third-order valence-corrected chi connectivity index (χ3v) is 3.31. The highest BCUT2D eigenvalue weighted by Gasteiger charge is 2.29. The molecule has 2 heterocycles. The zero-order chi connectivity index (χ0) is 13.8. The third-order valence-electron chi connectivity index (χ3n) is 3.31. The van der Waals surface area contributed by atoms with E-state index in [0.29, 0.717) is 18.7 Å². The van der Waals surface area contributed by atoms with Crippen LogP contribution in [0.5, 0.6) is 0 Å². The molecule has 0 bridgehead atoms. The van der Waals surface area contributed by atoms with E-state index >= 15 is 0 Å². The number of methoxy groups -OCH3 is 1. The lowest BCUT2D eigenvalue weighted by Crippen LogP contribution is -2.43. The van der Waals surface area contributed by atoms with Crippen molar-refractivity contribution in [1.82, 2.24) is 4.90 Å². The summed E-state index contributed by atoms with van der Waals surface area (Å²) in [6, 6.07) is 2.75. The van der Waals surface area contributed by atoms with Gasteiger partial charge in [0, 0.05) is 0 Å². The third kappa shape index (κ3) is 3.14. The number of hydrogen-bond donors (Lipinski definition) is 1. The number of likely N-dealkylation sites (tertiary alicyclic amines) is 1. The Kier molecular flexibility index (Phi) is 4.21. The molecule has 19 heavy (non-hydrogen) atoms. The van der Waals surface area contributed by atoms with Crippen LogP contribution < -0.4 is 0 Å². The lowest BCUT2D eigenvalue weighted by atomic mass is 10.0. The van der Waals surface area contributed by atoms with Crippen molar-refractivity contribution in [3.05, 3.63) is 23.7 Å². The Hall–Kier alpha value is -1.82. The average molecular weight is 267 g/mol. The van der Waals surface area contributed by atoms with Crippen molar-refractivity contribution in [2.75, 3.05) is 13.7 Å². The standard InChI is InChI=1S/C13H17NO5/c1-18-13(17)11-6-5-9(19-11)8-14-7-3-2-4-10(14)12(15)16/h5-6,10H,2-4,7-8H2,1H3,(H,15,16). The Morgan fingerprint density at radius 2 is 2.26 bits per heavy atom. The van der Waals surface area contributed by atoms with Gasteiger partial charge in [-0.1, -0.05) is 6.42 Å². The lowest BCUT2D eigenvalue weighted by Gasteiger charge is -2.31. The van der Waals surface area contributed by atoms with Gasteiger partial charge in [0.25, 0.3) is 0 Å². The van der Waals surface area contributed by atoms with E-state index in [4.69, 9.17) is 4.42 Å². The summed E-state index contributed by atoms with van der Waals surface area (Å²) in [6.07, 6.45) is 2.56. The molecule has 104 valence electrons. The molecule has 1 saturated heterocycles. The largest absolute Gasteiger partial charge is 0.480 e. The molecule has 1 unspecified atom stereocenters. The van der Waals surface area contributed by atoms with Crippen molar-refractivity contribution >= 4 is 11.9 Å². The fraction of sp³-hybridized carbons (Fsp3) is 0.538. The van der Waals surface area contributed by atoms with E-state index in [1.165, 1.54) is 7.11 Å². The van der Waals surface area contributed by atoms with Gasteiger partial charge in [-0.3, -0.25) is 9.69 Å². The topological polar surface area (TPSA) is 80.0 Å². The quantitative estimate of drug-likeness (QED) is 0.833. The Labute approximate surface area is 110 Å². The Morgan fingerprint density at radius 3 is 2.95 bits per heavy atom. The predicted octanol–water partition coefficient (Wildman–Crippen LogP) is 1.51. The number of furan rings is 1. The molecular weight excluding hydrogens is 250 g/mol. The molecule has 0 aromatic carbocycles. The van der Waals surface area contributed by atoms with Gasteiger partial charge in [-0.15, -0.1) is 0 Å². The fourth-order valence-electron chi connectivity index (χ4n) is 2.33. The number of hydrogen-bond acceptors (Lipinski definition) is 5. The van der Waals surface area contributed by atoms with Crippen molar-refractivity contribution in [2.24, 2.45) is 0 Å². The van der Waals surface area contributed by atoms with Crippen molar-refractivity contribution in [3.63, 3.8) is 0 Å². The monoisotopic (exact) mass is 267 g/mol. The number of carboxylic acid groups (broad SMARTS) is 1. The smallest absolute Gasteiger partial charge is 0.373 e. The number of ether oxygens (including phenoxy) is 1. The van der Waals surface area contributed by atoms with Crippen LogP contribution in [0.3, 0.4) is 0 Å². The first-order valence-electron chi connectivity index (χ1n) is 6.25. The number of aliphatic carboxylic acids is 1. The molecule has 6 nitrogen and oxygen atoms in total. The van der Waals surface area contributed by atoms with Crippen molar-refractivity contribution in [3.8, 4) is 0 Å². The average Bonchev–Trinajstić information content (AvgIpc) is 2.86. The number of carbonyl (C=O) groups excluding carboxylic acids is 1. The highest BCUT2D eigenvalue weighted by molar-refractivity contribution is 5.86. The van der Waals surface area contributed by atoms with Crippen LogP contribution in [0, 0.1) is 0 Å². The molecule has 1 atom stereocenters. The lowest BCUT2D eigenvalue weighted by molar-refractivity contribution is -0.145. The van der Waals surface area contributed by atoms with E-state index < -0.39 is 18.0 Å². The number of nitrogens with zero attached hydrogens (tertiary/aromatic N) is 1. The molecule has 0 aliphatic carbocycles. The molecule has 1 aliphatic rings. The number of carbonyl (C=O) groups is 2. The Balaban J connectivity index is 2.04. The van der Waals surface area contributed by atoms with E-state index in [0.717, 1.165) is 19.4 Å². The van der Waals surface area contributed by atoms with Crippen molar-refractivity contribution < 1.29 is 23.8 Å². The number of carboxylic acids is 1. The van der Waals surface area contributed by atoms with E-state index in [-0.39, 0.29) is 5.76 Å². The van der Waals surface area contributed by atoms with Crippen LogP contribution in [0.15, 0.2) is 16.5 Å². The van der Waals surface area contributed by atoms with E-state index in [9.17, 15) is 14.7 Å². The van der Waals surface area contributed by atoms with E-state index in [2.05, 4.69) is 4.74 Å². The van der Waals surface area contributed by atoms with Gasteiger partial charge >= 0.3 is 11.9 Å². The molecule has 0 amide bonds. The predicted molar refractivity (Wildman–Crippen MR) is 65.7 cm³/mol. The zero-order valence-electron chi connectivity index (χ0n) is 10.8. The molecule has 1 N–H and O–H groups in total. The van der Waals surface area contributed by atoms with Gasteiger partial charge in [-0.2, -0.15) is 0 Å². The minimum Gasteiger partial charge on any atom is -0.480 e. The molecule has 0 spiro atoms. The second-order valence-electron chi connectivity index (χ2n) is 4.58. The van der Waals surface area contributed by atoms with Crippen molar-refractivity contribution in [1.29, 1.82) is 0 Å². The minimum atomic E-state index is -0.806. The maximum absolute atomic E-state index is 11.3. The number of piperidine rings is 1. The molecule has 1 aliphatic heterocycles. The van der Waals surface area contributed by atoms with Gasteiger partial charge in [0.1, 0.15) is 11.8 Å². The number of esters is 1. The summed E-state index contributed by atoms with van der Waals surface area (Å²) in [6.45, 7) is 1.12. The van der Waals surface area contributed by atoms with Gasteiger partial charge < -0.3 is 14.3 Å². The molecule has 0 saturated carbocycles. The molecular formula is C13H17NO5. The van der Waals surface area contributed by atoms with Crippen LogP contribution in [0.25, 0.3) is 0 Å². The molecule has 6 heteroatoms. The Bertz CT molecular complexity index is 467. The summed E-state index contributed by atoms with van der Waals surface area (Å²) in [5, 5.41) is 9.17. The van der Waals surface area contributed by atoms with Gasteiger partial charge in [0.05, 0.1) is 13.7 Å². The summed E-state index contributed by atoms with van der Waals surface area (Å²) in [7, 11) is 1.29. The minimum absolute atomic E-state index is 0.140. The molecule has 1 fully saturated rings. The molecule has 1 aromatic heterocycles. The second kappa shape index (κ2) is 5.88. The highest BCUT2D eigenvalue weighted by Crippen LogP contribution is 2.21. The normalized spacial score (nSPS) is 20.2. The first-order chi connectivity index (χ1) is 9.11. The van der Waals surface area contributed by atoms with Crippen LogP contribution in [-0.2, 0) is 16.1 Å². The van der Waals surface area contributed by atoms with Gasteiger partial charge in [-0.05, 0) is 31.5 Å². The first-order valence-corrected chi connectivity index (χ1v) is 6.25. The van der Waals surface area contributed by atoms with E-state index in [1.807, 2.05) is 4.90 Å². The van der Waals surface area contributed by atoms with Crippen LogP contribution in [0.1, 0.15) is 35.6 Å². The molecule has 1 aromatic rings. The van der Waals surface area contributed by atoms with Crippen LogP contribution in [0.2, 0.25) is 0 Å². The van der Waals surface area contributed by atoms with Crippen LogP contribution in [0.4, 0.5) is 0 Å². The zero-order valence-corrected chi connectivity index (χ0v) is 10.8. The second-order valence-corrected chi connectivity index (χ2v) is 4.58. The SMILES string of the molecule is COC(=O)c1ccc(CN2CCCCC2C(=O)O)o1. The maximum Gasteiger partial charge on any atom is 0.373 e. The summed E-state index contributed by atoms with van der Waals surface area (Å²) >= 11 is 0. The molecule has 0 radical (unpaired) electrons. The number of rotatable bonds is 4. The van der Waals surface area contributed by atoms with Gasteiger partial charge in [0.15, 0.2) is 0 Å².